The minimum Gasteiger partial charge on any atom is -0.491 e. The summed E-state index contributed by atoms with van der Waals surface area (Å²) in [6.07, 6.45) is 8.64. The number of terminal acetylenes is 1. The summed E-state index contributed by atoms with van der Waals surface area (Å²) in [6.45, 7) is 3.98. The second kappa shape index (κ2) is 8.86. The number of nitrogens with zero attached hydrogens (tertiary/aromatic N) is 1. The quantitative estimate of drug-likeness (QED) is 0.627. The van der Waals surface area contributed by atoms with Crippen LogP contribution < -0.4 is 10.1 Å². The van der Waals surface area contributed by atoms with E-state index in [-0.39, 0.29) is 12.0 Å². The van der Waals surface area contributed by atoms with Gasteiger partial charge in [-0.15, -0.1) is 17.8 Å². The summed E-state index contributed by atoms with van der Waals surface area (Å²) in [5.74, 6) is 3.02. The van der Waals surface area contributed by atoms with Crippen molar-refractivity contribution in [3.8, 4) is 28.5 Å². The average molecular weight is 352 g/mol. The summed E-state index contributed by atoms with van der Waals surface area (Å²) in [4.78, 5) is 17.7. The highest BCUT2D eigenvalue weighted by Gasteiger charge is 2.11. The Balaban J connectivity index is 2.11. The molecule has 5 heteroatoms. The van der Waals surface area contributed by atoms with Gasteiger partial charge in [0.2, 0.25) is 0 Å². The van der Waals surface area contributed by atoms with Gasteiger partial charge < -0.3 is 10.1 Å². The fourth-order valence-corrected chi connectivity index (χ4v) is 2.95. The molecule has 1 aromatic carbocycles. The van der Waals surface area contributed by atoms with Crippen molar-refractivity contribution in [2.24, 2.45) is 4.99 Å². The molecule has 0 saturated carbocycles. The molecule has 1 N–H and O–H groups in total. The molecule has 2 aromatic rings. The van der Waals surface area contributed by atoms with Crippen LogP contribution in [0.25, 0.3) is 10.4 Å². The van der Waals surface area contributed by atoms with Crippen LogP contribution in [0.3, 0.4) is 0 Å². The molecule has 0 aliphatic heterocycles. The lowest BCUT2D eigenvalue weighted by Crippen LogP contribution is -2.21. The van der Waals surface area contributed by atoms with Gasteiger partial charge in [-0.2, -0.15) is 0 Å². The Labute approximate surface area is 152 Å². The number of allylic oxidation sites excluding steroid dienone is 2. The molecular weight excluding hydrogens is 332 g/mol. The topological polar surface area (TPSA) is 50.7 Å². The molecule has 0 fully saturated rings. The van der Waals surface area contributed by atoms with Crippen molar-refractivity contribution in [2.45, 2.75) is 20.0 Å². The lowest BCUT2D eigenvalue weighted by atomic mass is 10.2. The Bertz CT molecular complexity index is 824. The van der Waals surface area contributed by atoms with E-state index < -0.39 is 0 Å². The maximum Gasteiger partial charge on any atom is 0.266 e. The Morgan fingerprint density at radius 2 is 2.00 bits per heavy atom. The second-order valence-electron chi connectivity index (χ2n) is 5.44. The minimum absolute atomic E-state index is 0.138. The van der Waals surface area contributed by atoms with E-state index in [0.717, 1.165) is 16.2 Å². The van der Waals surface area contributed by atoms with Crippen LogP contribution in [0.1, 0.15) is 23.5 Å². The number of aliphatic imine (C=N–C) groups is 1. The first-order valence-corrected chi connectivity index (χ1v) is 8.62. The summed E-state index contributed by atoms with van der Waals surface area (Å²) in [7, 11) is 1.63. The first kappa shape index (κ1) is 18.5. The first-order valence-electron chi connectivity index (χ1n) is 7.81. The molecule has 1 heterocycles. The van der Waals surface area contributed by atoms with Gasteiger partial charge in [0.1, 0.15) is 5.75 Å². The van der Waals surface area contributed by atoms with Crippen LogP contribution in [0.15, 0.2) is 53.2 Å². The highest BCUT2D eigenvalue weighted by molar-refractivity contribution is 7.17. The van der Waals surface area contributed by atoms with Gasteiger partial charge in [-0.3, -0.25) is 9.79 Å². The number of hydrogen-bond acceptors (Lipinski definition) is 4. The number of carbonyl (C=O) groups is 1. The maximum atomic E-state index is 12.3. The molecule has 0 aliphatic carbocycles. The molecule has 0 bridgehead atoms. The lowest BCUT2D eigenvalue weighted by Gasteiger charge is -2.09. The molecule has 0 radical (unpaired) electrons. The molecule has 0 atom stereocenters. The predicted octanol–water partition coefficient (Wildman–Crippen LogP) is 4.15. The van der Waals surface area contributed by atoms with E-state index in [4.69, 9.17) is 11.2 Å². The number of ether oxygens (including phenoxy) is 1. The van der Waals surface area contributed by atoms with Crippen LogP contribution in [0.5, 0.6) is 5.75 Å². The Hall–Kier alpha value is -2.84. The average Bonchev–Trinajstić information content (AvgIpc) is 3.08. The smallest absolute Gasteiger partial charge is 0.266 e. The van der Waals surface area contributed by atoms with E-state index in [0.29, 0.717) is 10.6 Å². The molecule has 2 rings (SSSR count). The van der Waals surface area contributed by atoms with Crippen LogP contribution in [-0.2, 0) is 0 Å². The van der Waals surface area contributed by atoms with Crippen LogP contribution >= 0.6 is 11.3 Å². The van der Waals surface area contributed by atoms with Gasteiger partial charge in [0.25, 0.3) is 5.91 Å². The van der Waals surface area contributed by atoms with Gasteiger partial charge in [-0.1, -0.05) is 5.92 Å². The van der Waals surface area contributed by atoms with E-state index >= 15 is 0 Å². The van der Waals surface area contributed by atoms with E-state index in [1.54, 1.807) is 19.2 Å². The van der Waals surface area contributed by atoms with Gasteiger partial charge in [0, 0.05) is 18.1 Å². The molecule has 0 spiro atoms. The Morgan fingerprint density at radius 1 is 1.28 bits per heavy atom. The summed E-state index contributed by atoms with van der Waals surface area (Å²) < 4.78 is 5.64. The molecular formula is C20H20N2O2S. The van der Waals surface area contributed by atoms with Gasteiger partial charge in [0.05, 0.1) is 16.7 Å². The normalized spacial score (nSPS) is 11.6. The summed E-state index contributed by atoms with van der Waals surface area (Å²) in [5, 5.41) is 2.70. The molecule has 128 valence electrons. The zero-order valence-corrected chi connectivity index (χ0v) is 15.3. The van der Waals surface area contributed by atoms with E-state index in [9.17, 15) is 4.79 Å². The SMILES string of the molecule is C#C/C(=C\C=NC)NC(=O)c1ccc(-c2ccc(OC(C)C)cc2)s1. The Kier molecular flexibility index (Phi) is 6.55. The highest BCUT2D eigenvalue weighted by Crippen LogP contribution is 2.29. The number of hydrogen-bond donors (Lipinski definition) is 1. The van der Waals surface area contributed by atoms with Crippen molar-refractivity contribution in [3.63, 3.8) is 0 Å². The van der Waals surface area contributed by atoms with Gasteiger partial charge in [-0.25, -0.2) is 0 Å². The molecule has 0 saturated heterocycles. The summed E-state index contributed by atoms with van der Waals surface area (Å²) in [5.41, 5.74) is 1.41. The molecule has 4 nitrogen and oxygen atoms in total. The van der Waals surface area contributed by atoms with E-state index in [1.807, 2.05) is 44.2 Å². The van der Waals surface area contributed by atoms with Crippen LogP contribution in [0, 0.1) is 12.3 Å². The van der Waals surface area contributed by atoms with Gasteiger partial charge in [-0.05, 0) is 61.9 Å². The monoisotopic (exact) mass is 352 g/mol. The third-order valence-electron chi connectivity index (χ3n) is 3.13. The van der Waals surface area contributed by atoms with Crippen molar-refractivity contribution < 1.29 is 9.53 Å². The lowest BCUT2D eigenvalue weighted by molar-refractivity contribution is 0.0971. The predicted molar refractivity (Wildman–Crippen MR) is 104 cm³/mol. The third-order valence-corrected chi connectivity index (χ3v) is 4.27. The number of thiophene rings is 1. The maximum absolute atomic E-state index is 12.3. The van der Waals surface area contributed by atoms with Crippen LogP contribution in [-0.4, -0.2) is 25.3 Å². The molecule has 1 aromatic heterocycles. The van der Waals surface area contributed by atoms with Crippen molar-refractivity contribution in [3.05, 3.63) is 53.0 Å². The van der Waals surface area contributed by atoms with Crippen LogP contribution in [0.2, 0.25) is 0 Å². The Morgan fingerprint density at radius 3 is 2.60 bits per heavy atom. The number of benzene rings is 1. The van der Waals surface area contributed by atoms with Crippen molar-refractivity contribution in [1.29, 1.82) is 0 Å². The number of rotatable bonds is 6. The highest BCUT2D eigenvalue weighted by atomic mass is 32.1. The van der Waals surface area contributed by atoms with Gasteiger partial charge in [0.15, 0.2) is 0 Å². The van der Waals surface area contributed by atoms with Crippen molar-refractivity contribution in [1.82, 2.24) is 5.32 Å². The zero-order chi connectivity index (χ0) is 18.2. The fourth-order valence-electron chi connectivity index (χ4n) is 2.04. The molecule has 25 heavy (non-hydrogen) atoms. The van der Waals surface area contributed by atoms with Crippen molar-refractivity contribution >= 4 is 23.5 Å². The standard InChI is InChI=1S/C20H20N2O2S/c1-5-16(12-13-21-4)22-20(23)19-11-10-18(25-19)15-6-8-17(9-7-15)24-14(2)3/h1,6-14H,2-4H3,(H,22,23)/b16-12+,21-13?. The molecule has 0 unspecified atom stereocenters. The number of carbonyl (C=O) groups excluding carboxylic acids is 1. The van der Waals surface area contributed by atoms with Gasteiger partial charge >= 0.3 is 0 Å². The van der Waals surface area contributed by atoms with E-state index in [2.05, 4.69) is 16.2 Å². The second-order valence-corrected chi connectivity index (χ2v) is 6.52. The zero-order valence-electron chi connectivity index (χ0n) is 14.4. The number of amides is 1. The summed E-state index contributed by atoms with van der Waals surface area (Å²) >= 11 is 1.41. The fraction of sp³-hybridized carbons (Fsp3) is 0.200. The molecule has 0 aliphatic rings. The summed E-state index contributed by atoms with van der Waals surface area (Å²) in [6, 6.07) is 11.5. The molecule has 1 amide bonds. The van der Waals surface area contributed by atoms with Crippen molar-refractivity contribution in [2.75, 3.05) is 7.05 Å². The third kappa shape index (κ3) is 5.33. The number of nitrogens with one attached hydrogen (secondary N) is 1. The van der Waals surface area contributed by atoms with Crippen LogP contribution in [0.4, 0.5) is 0 Å². The minimum atomic E-state index is -0.232. The largest absolute Gasteiger partial charge is 0.491 e. The van der Waals surface area contributed by atoms with E-state index in [1.165, 1.54) is 17.6 Å². The first-order chi connectivity index (χ1) is 12.0.